The summed E-state index contributed by atoms with van der Waals surface area (Å²) in [7, 11) is 0. The molecule has 0 bridgehead atoms. The van der Waals surface area contributed by atoms with E-state index in [1.807, 2.05) is 12.1 Å². The second-order valence-electron chi connectivity index (χ2n) is 7.66. The first-order chi connectivity index (χ1) is 15.6. The molecule has 1 aromatic heterocycles. The van der Waals surface area contributed by atoms with E-state index in [1.54, 1.807) is 0 Å². The molecule has 2 aliphatic heterocycles. The molecule has 0 radical (unpaired) electrons. The summed E-state index contributed by atoms with van der Waals surface area (Å²) >= 11 is 0. The highest BCUT2D eigenvalue weighted by atomic mass is 19.1. The van der Waals surface area contributed by atoms with Gasteiger partial charge in [0.2, 0.25) is 6.79 Å². The smallest absolute Gasteiger partial charge is 0.231 e. The molecular formula is C22H22F2N6O2. The van der Waals surface area contributed by atoms with Gasteiger partial charge in [-0.2, -0.15) is 0 Å². The van der Waals surface area contributed by atoms with Gasteiger partial charge in [0.05, 0.1) is 5.69 Å². The summed E-state index contributed by atoms with van der Waals surface area (Å²) in [5.74, 6) is 1.07. The van der Waals surface area contributed by atoms with Crippen molar-refractivity contribution in [2.45, 2.75) is 6.54 Å². The van der Waals surface area contributed by atoms with Gasteiger partial charge < -0.3 is 25.4 Å². The highest BCUT2D eigenvalue weighted by molar-refractivity contribution is 5.78. The standard InChI is InChI=1S/C22H22F2N6O2/c23-15-2-3-17(16(24)10-15)28-21-20(25)22(27-12-26-21)30-7-5-29(6-8-30)11-14-1-4-18-19(9-14)32-13-31-18/h1-4,9-10,12H,5-8,11,13,25H2,(H,26,27,28). The molecule has 0 amide bonds. The van der Waals surface area contributed by atoms with Crippen LogP contribution in [0.2, 0.25) is 0 Å². The lowest BCUT2D eigenvalue weighted by atomic mass is 10.1. The number of hydrogen-bond acceptors (Lipinski definition) is 8. The topological polar surface area (TPSA) is 88.8 Å². The molecule has 0 unspecified atom stereocenters. The lowest BCUT2D eigenvalue weighted by Crippen LogP contribution is -2.46. The van der Waals surface area contributed by atoms with E-state index in [9.17, 15) is 8.78 Å². The van der Waals surface area contributed by atoms with E-state index in [4.69, 9.17) is 15.2 Å². The number of rotatable bonds is 5. The van der Waals surface area contributed by atoms with E-state index in [0.29, 0.717) is 11.5 Å². The Hall–Kier alpha value is -3.66. The van der Waals surface area contributed by atoms with Crippen molar-refractivity contribution in [2.75, 3.05) is 48.9 Å². The Balaban J connectivity index is 1.24. The van der Waals surface area contributed by atoms with E-state index in [-0.39, 0.29) is 18.3 Å². The molecule has 1 saturated heterocycles. The van der Waals surface area contributed by atoms with Crippen molar-refractivity contribution < 1.29 is 18.3 Å². The van der Waals surface area contributed by atoms with E-state index in [0.717, 1.165) is 55.9 Å². The number of nitrogens with one attached hydrogen (secondary N) is 1. The highest BCUT2D eigenvalue weighted by Gasteiger charge is 2.22. The summed E-state index contributed by atoms with van der Waals surface area (Å²) in [5.41, 5.74) is 7.86. The maximum atomic E-state index is 14.0. The molecule has 0 aliphatic carbocycles. The van der Waals surface area contributed by atoms with Gasteiger partial charge in [0.25, 0.3) is 0 Å². The minimum atomic E-state index is -0.721. The lowest BCUT2D eigenvalue weighted by Gasteiger charge is -2.36. The number of aromatic nitrogens is 2. The van der Waals surface area contributed by atoms with Gasteiger partial charge in [0.1, 0.15) is 23.6 Å². The fraction of sp³-hybridized carbons (Fsp3) is 0.273. The third-order valence-electron chi connectivity index (χ3n) is 5.56. The summed E-state index contributed by atoms with van der Waals surface area (Å²) in [5, 5.41) is 2.83. The van der Waals surface area contributed by atoms with Crippen molar-refractivity contribution in [1.82, 2.24) is 14.9 Å². The Bertz CT molecular complexity index is 1140. The van der Waals surface area contributed by atoms with Gasteiger partial charge in [-0.05, 0) is 29.8 Å². The van der Waals surface area contributed by atoms with Crippen LogP contribution in [0.1, 0.15) is 5.56 Å². The molecule has 32 heavy (non-hydrogen) atoms. The zero-order chi connectivity index (χ0) is 22.1. The fourth-order valence-corrected chi connectivity index (χ4v) is 3.87. The van der Waals surface area contributed by atoms with E-state index in [2.05, 4.69) is 31.2 Å². The lowest BCUT2D eigenvalue weighted by molar-refractivity contribution is 0.174. The minimum Gasteiger partial charge on any atom is -0.454 e. The molecule has 166 valence electrons. The van der Waals surface area contributed by atoms with Crippen LogP contribution in [0, 0.1) is 11.6 Å². The molecule has 3 heterocycles. The molecule has 0 spiro atoms. The summed E-state index contributed by atoms with van der Waals surface area (Å²) in [6.45, 7) is 4.19. The summed E-state index contributed by atoms with van der Waals surface area (Å²) < 4.78 is 38.0. The first kappa shape index (κ1) is 20.3. The molecule has 0 saturated carbocycles. The maximum absolute atomic E-state index is 14.0. The number of halogens is 2. The average molecular weight is 440 g/mol. The maximum Gasteiger partial charge on any atom is 0.231 e. The fourth-order valence-electron chi connectivity index (χ4n) is 3.87. The van der Waals surface area contributed by atoms with E-state index < -0.39 is 11.6 Å². The van der Waals surface area contributed by atoms with Crippen LogP contribution in [0.15, 0.2) is 42.7 Å². The van der Waals surface area contributed by atoms with Crippen LogP contribution in [0.3, 0.4) is 0 Å². The number of nitrogens with two attached hydrogens (primary N) is 1. The van der Waals surface area contributed by atoms with Gasteiger partial charge in [0, 0.05) is 38.8 Å². The Labute approximate surface area is 183 Å². The number of anilines is 4. The zero-order valence-corrected chi connectivity index (χ0v) is 17.2. The van der Waals surface area contributed by atoms with Crippen molar-refractivity contribution >= 4 is 23.0 Å². The molecule has 0 atom stereocenters. The number of benzene rings is 2. The second-order valence-corrected chi connectivity index (χ2v) is 7.66. The molecule has 8 nitrogen and oxygen atoms in total. The Kier molecular flexibility index (Phi) is 5.36. The molecule has 1 fully saturated rings. The molecule has 3 N–H and O–H groups in total. The van der Waals surface area contributed by atoms with Crippen LogP contribution >= 0.6 is 0 Å². The van der Waals surface area contributed by atoms with Crippen LogP contribution in [-0.2, 0) is 6.54 Å². The summed E-state index contributed by atoms with van der Waals surface area (Å²) in [6.07, 6.45) is 1.38. The molecule has 3 aromatic rings. The molecule has 5 rings (SSSR count). The first-order valence-electron chi connectivity index (χ1n) is 10.3. The predicted octanol–water partition coefficient (Wildman–Crippen LogP) is 3.13. The van der Waals surface area contributed by atoms with Crippen molar-refractivity contribution in [2.24, 2.45) is 0 Å². The largest absolute Gasteiger partial charge is 0.454 e. The van der Waals surface area contributed by atoms with Crippen molar-refractivity contribution in [3.8, 4) is 11.5 Å². The van der Waals surface area contributed by atoms with Crippen molar-refractivity contribution in [3.05, 3.63) is 59.9 Å². The van der Waals surface area contributed by atoms with Gasteiger partial charge in [-0.1, -0.05) is 6.07 Å². The van der Waals surface area contributed by atoms with Crippen LogP contribution < -0.4 is 25.4 Å². The number of nitrogen functional groups attached to an aromatic ring is 1. The normalized spacial score (nSPS) is 15.8. The predicted molar refractivity (Wildman–Crippen MR) is 116 cm³/mol. The van der Waals surface area contributed by atoms with Crippen molar-refractivity contribution in [3.63, 3.8) is 0 Å². The number of nitrogens with zero attached hydrogens (tertiary/aromatic N) is 4. The summed E-state index contributed by atoms with van der Waals surface area (Å²) in [6, 6.07) is 9.29. The molecule has 10 heteroatoms. The number of ether oxygens (including phenoxy) is 2. The third kappa shape index (κ3) is 4.09. The van der Waals surface area contributed by atoms with Gasteiger partial charge >= 0.3 is 0 Å². The van der Waals surface area contributed by atoms with Crippen LogP contribution in [0.25, 0.3) is 0 Å². The Morgan fingerprint density at radius 3 is 2.59 bits per heavy atom. The van der Waals surface area contributed by atoms with Gasteiger partial charge in [-0.15, -0.1) is 0 Å². The van der Waals surface area contributed by atoms with E-state index in [1.165, 1.54) is 18.5 Å². The monoisotopic (exact) mass is 440 g/mol. The third-order valence-corrected chi connectivity index (χ3v) is 5.56. The van der Waals surface area contributed by atoms with Crippen molar-refractivity contribution in [1.29, 1.82) is 0 Å². The first-order valence-corrected chi connectivity index (χ1v) is 10.3. The van der Waals surface area contributed by atoms with Crippen LogP contribution in [0.4, 0.5) is 31.8 Å². The van der Waals surface area contributed by atoms with Gasteiger partial charge in [-0.3, -0.25) is 4.90 Å². The Morgan fingerprint density at radius 2 is 1.78 bits per heavy atom. The van der Waals surface area contributed by atoms with E-state index >= 15 is 0 Å². The molecular weight excluding hydrogens is 418 g/mol. The zero-order valence-electron chi connectivity index (χ0n) is 17.2. The van der Waals surface area contributed by atoms with Gasteiger partial charge in [0.15, 0.2) is 23.1 Å². The average Bonchev–Trinajstić information content (AvgIpc) is 3.26. The summed E-state index contributed by atoms with van der Waals surface area (Å²) in [4.78, 5) is 12.9. The minimum absolute atomic E-state index is 0.0938. The number of piperazine rings is 1. The van der Waals surface area contributed by atoms with Crippen LogP contribution in [-0.4, -0.2) is 47.8 Å². The Morgan fingerprint density at radius 1 is 0.969 bits per heavy atom. The quantitative estimate of drug-likeness (QED) is 0.626. The molecule has 2 aromatic carbocycles. The highest BCUT2D eigenvalue weighted by Crippen LogP contribution is 2.33. The number of hydrogen-bond donors (Lipinski definition) is 2. The SMILES string of the molecule is Nc1c(Nc2ccc(F)cc2F)ncnc1N1CCN(Cc2ccc3c(c2)OCO3)CC1. The molecule has 2 aliphatic rings. The van der Waals surface area contributed by atoms with Crippen LogP contribution in [0.5, 0.6) is 11.5 Å². The van der Waals surface area contributed by atoms with Gasteiger partial charge in [-0.25, -0.2) is 18.7 Å². The second kappa shape index (κ2) is 8.46. The number of fused-ring (bicyclic) bond motifs is 1.